The first-order valence-corrected chi connectivity index (χ1v) is 4.73. The lowest BCUT2D eigenvalue weighted by Gasteiger charge is -2.03. The number of carboxylic acids is 2. The van der Waals surface area contributed by atoms with Crippen LogP contribution in [0.15, 0.2) is 30.9 Å². The predicted molar refractivity (Wildman–Crippen MR) is 66.0 cm³/mol. The van der Waals surface area contributed by atoms with Gasteiger partial charge in [0.2, 0.25) is 0 Å². The van der Waals surface area contributed by atoms with E-state index in [-0.39, 0.29) is 28.8 Å². The minimum Gasteiger partial charge on any atom is -0.478 e. The lowest BCUT2D eigenvalue weighted by molar-refractivity contribution is 0.0696. The molecule has 1 aromatic carbocycles. The van der Waals surface area contributed by atoms with Crippen LogP contribution in [0.4, 0.5) is 0 Å². The van der Waals surface area contributed by atoms with E-state index in [2.05, 4.69) is 6.58 Å². The van der Waals surface area contributed by atoms with Crippen LogP contribution in [0.3, 0.4) is 0 Å². The van der Waals surface area contributed by atoms with Gasteiger partial charge in [0.05, 0.1) is 17.7 Å². The van der Waals surface area contributed by atoms with E-state index < -0.39 is 11.9 Å². The van der Waals surface area contributed by atoms with E-state index in [0.29, 0.717) is 0 Å². The molecule has 0 radical (unpaired) electrons. The molecule has 0 aliphatic heterocycles. The summed E-state index contributed by atoms with van der Waals surface area (Å²) in [6.07, 6.45) is 1.43. The Hall–Kier alpha value is -2.18. The van der Waals surface area contributed by atoms with E-state index in [1.807, 2.05) is 0 Å². The van der Waals surface area contributed by atoms with E-state index in [9.17, 15) is 9.59 Å². The van der Waals surface area contributed by atoms with Gasteiger partial charge in [-0.2, -0.15) is 0 Å². The molecule has 0 amide bonds. The fourth-order valence-corrected chi connectivity index (χ4v) is 1.10. The second kappa shape index (κ2) is 8.91. The van der Waals surface area contributed by atoms with Gasteiger partial charge in [-0.3, -0.25) is 0 Å². The van der Waals surface area contributed by atoms with Gasteiger partial charge in [0.25, 0.3) is 0 Å². The number of aromatic carboxylic acids is 2. The van der Waals surface area contributed by atoms with Gasteiger partial charge in [0, 0.05) is 0 Å². The standard InChI is InChI=1S/C9H8O4.C3H6O.H2O/c1-5-6(8(10)11)3-2-4-7(5)9(12)13;1-2-3-4;/h2-4H,1H3,(H,10,11)(H,12,13);2,4H,1,3H2;1H2. The normalized spacial score (nSPS) is 8.33. The minimum atomic E-state index is -1.11. The molecule has 0 unspecified atom stereocenters. The Morgan fingerprint density at radius 3 is 1.78 bits per heavy atom. The Morgan fingerprint density at radius 2 is 1.56 bits per heavy atom. The quantitative estimate of drug-likeness (QED) is 0.687. The summed E-state index contributed by atoms with van der Waals surface area (Å²) in [5.41, 5.74) is 0.335. The van der Waals surface area contributed by atoms with Gasteiger partial charge in [-0.1, -0.05) is 12.1 Å². The highest BCUT2D eigenvalue weighted by molar-refractivity contribution is 5.96. The Labute approximate surface area is 104 Å². The summed E-state index contributed by atoms with van der Waals surface area (Å²) in [6.45, 7) is 4.79. The number of hydrogen-bond donors (Lipinski definition) is 3. The highest BCUT2D eigenvalue weighted by Crippen LogP contribution is 2.13. The molecule has 5 N–H and O–H groups in total. The molecule has 100 valence electrons. The maximum atomic E-state index is 10.6. The van der Waals surface area contributed by atoms with Gasteiger partial charge < -0.3 is 20.8 Å². The van der Waals surface area contributed by atoms with Crippen LogP contribution in [0.25, 0.3) is 0 Å². The zero-order chi connectivity index (χ0) is 13.4. The van der Waals surface area contributed by atoms with Crippen LogP contribution < -0.4 is 0 Å². The lowest BCUT2D eigenvalue weighted by atomic mass is 10.0. The molecule has 0 aliphatic rings. The highest BCUT2D eigenvalue weighted by atomic mass is 16.4. The number of benzene rings is 1. The molecule has 0 spiro atoms. The summed E-state index contributed by atoms with van der Waals surface area (Å²) in [7, 11) is 0. The van der Waals surface area contributed by atoms with Crippen LogP contribution in [0.1, 0.15) is 26.3 Å². The van der Waals surface area contributed by atoms with Gasteiger partial charge >= 0.3 is 11.9 Å². The number of carbonyl (C=O) groups is 2. The number of rotatable bonds is 3. The third-order valence-electron chi connectivity index (χ3n) is 1.92. The first-order valence-electron chi connectivity index (χ1n) is 4.73. The van der Waals surface area contributed by atoms with Crippen LogP contribution in [0.2, 0.25) is 0 Å². The molecule has 18 heavy (non-hydrogen) atoms. The molecule has 1 aromatic rings. The molecule has 6 nitrogen and oxygen atoms in total. The van der Waals surface area contributed by atoms with E-state index in [4.69, 9.17) is 15.3 Å². The summed E-state index contributed by atoms with van der Waals surface area (Å²) in [5, 5.41) is 25.1. The van der Waals surface area contributed by atoms with Crippen LogP contribution in [0, 0.1) is 6.92 Å². The van der Waals surface area contributed by atoms with Gasteiger partial charge in [0.1, 0.15) is 0 Å². The van der Waals surface area contributed by atoms with Crippen LogP contribution >= 0.6 is 0 Å². The number of aliphatic hydroxyl groups excluding tert-OH is 1. The fourth-order valence-electron chi connectivity index (χ4n) is 1.10. The molecule has 0 aliphatic carbocycles. The van der Waals surface area contributed by atoms with Crippen molar-refractivity contribution in [2.45, 2.75) is 6.92 Å². The molecule has 1 rings (SSSR count). The average Bonchev–Trinajstić information content (AvgIpc) is 2.29. The summed E-state index contributed by atoms with van der Waals surface area (Å²) in [5.74, 6) is -2.22. The lowest BCUT2D eigenvalue weighted by Crippen LogP contribution is -2.06. The largest absolute Gasteiger partial charge is 0.478 e. The third-order valence-corrected chi connectivity index (χ3v) is 1.92. The molecule has 0 bridgehead atoms. The zero-order valence-corrected chi connectivity index (χ0v) is 9.88. The van der Waals surface area contributed by atoms with E-state index >= 15 is 0 Å². The van der Waals surface area contributed by atoms with Crippen molar-refractivity contribution in [2.24, 2.45) is 0 Å². The van der Waals surface area contributed by atoms with Crippen molar-refractivity contribution in [3.8, 4) is 0 Å². The summed E-state index contributed by atoms with van der Waals surface area (Å²) in [4.78, 5) is 21.2. The maximum absolute atomic E-state index is 10.6. The summed E-state index contributed by atoms with van der Waals surface area (Å²) in [6, 6.07) is 4.17. The zero-order valence-electron chi connectivity index (χ0n) is 9.88. The maximum Gasteiger partial charge on any atom is 0.335 e. The molecular weight excluding hydrogens is 240 g/mol. The minimum absolute atomic E-state index is 0. The van der Waals surface area contributed by atoms with Crippen LogP contribution in [-0.2, 0) is 0 Å². The molecular formula is C12H16O6. The molecule has 0 fully saturated rings. The number of aliphatic hydroxyl groups is 1. The van der Waals surface area contributed by atoms with E-state index in [1.165, 1.54) is 31.2 Å². The average molecular weight is 256 g/mol. The van der Waals surface area contributed by atoms with Gasteiger partial charge in [0.15, 0.2) is 0 Å². The predicted octanol–water partition coefficient (Wildman–Crippen LogP) is 0.731. The SMILES string of the molecule is C=CCO.Cc1c(C(=O)O)cccc1C(=O)O.O. The Balaban J connectivity index is 0. The van der Waals surface area contributed by atoms with Crippen molar-refractivity contribution < 1.29 is 30.4 Å². The van der Waals surface area contributed by atoms with Gasteiger partial charge in [-0.05, 0) is 24.6 Å². The first kappa shape index (κ1) is 18.2. The molecule has 0 heterocycles. The van der Waals surface area contributed by atoms with Crippen molar-refractivity contribution in [2.75, 3.05) is 6.61 Å². The van der Waals surface area contributed by atoms with E-state index in [1.54, 1.807) is 0 Å². The second-order valence-electron chi connectivity index (χ2n) is 3.06. The number of carboxylic acid groups (broad SMARTS) is 2. The van der Waals surface area contributed by atoms with Crippen molar-refractivity contribution >= 4 is 11.9 Å². The van der Waals surface area contributed by atoms with E-state index in [0.717, 1.165) is 0 Å². The molecule has 6 heteroatoms. The first-order chi connectivity index (χ1) is 7.95. The highest BCUT2D eigenvalue weighted by Gasteiger charge is 2.13. The molecule has 0 saturated carbocycles. The second-order valence-corrected chi connectivity index (χ2v) is 3.06. The fraction of sp³-hybridized carbons (Fsp3) is 0.167. The van der Waals surface area contributed by atoms with Crippen LogP contribution in [0.5, 0.6) is 0 Å². The Morgan fingerprint density at radius 1 is 1.22 bits per heavy atom. The smallest absolute Gasteiger partial charge is 0.335 e. The van der Waals surface area contributed by atoms with Gasteiger partial charge in [-0.15, -0.1) is 6.58 Å². The summed E-state index contributed by atoms with van der Waals surface area (Å²) >= 11 is 0. The van der Waals surface area contributed by atoms with Crippen molar-refractivity contribution in [1.82, 2.24) is 0 Å². The Kier molecular flexibility index (Phi) is 9.01. The van der Waals surface area contributed by atoms with Crippen molar-refractivity contribution in [3.63, 3.8) is 0 Å². The van der Waals surface area contributed by atoms with Crippen molar-refractivity contribution in [1.29, 1.82) is 0 Å². The third kappa shape index (κ3) is 5.24. The monoisotopic (exact) mass is 256 g/mol. The molecule has 0 atom stereocenters. The molecule has 0 saturated heterocycles. The van der Waals surface area contributed by atoms with Gasteiger partial charge in [-0.25, -0.2) is 9.59 Å². The topological polar surface area (TPSA) is 126 Å². The van der Waals surface area contributed by atoms with Crippen molar-refractivity contribution in [3.05, 3.63) is 47.5 Å². The Bertz CT molecular complexity index is 392. The summed E-state index contributed by atoms with van der Waals surface area (Å²) < 4.78 is 0. The number of hydrogen-bond acceptors (Lipinski definition) is 3. The molecule has 0 aromatic heterocycles. The van der Waals surface area contributed by atoms with Crippen LogP contribution in [-0.4, -0.2) is 39.3 Å².